The molecule has 0 amide bonds. The van der Waals surface area contributed by atoms with Gasteiger partial charge in [0.25, 0.3) is 0 Å². The second-order valence-electron chi connectivity index (χ2n) is 5.15. The van der Waals surface area contributed by atoms with Gasteiger partial charge in [-0.05, 0) is 48.2 Å². The third-order valence-electron chi connectivity index (χ3n) is 3.48. The van der Waals surface area contributed by atoms with Crippen molar-refractivity contribution in [3.8, 4) is 0 Å². The molecule has 110 valence electrons. The molecule has 0 bridgehead atoms. The summed E-state index contributed by atoms with van der Waals surface area (Å²) in [5.74, 6) is 1.44. The smallest absolute Gasteiger partial charge is 0.132 e. The Morgan fingerprint density at radius 1 is 1.14 bits per heavy atom. The molecule has 0 saturated heterocycles. The lowest BCUT2D eigenvalue weighted by Crippen LogP contribution is -1.99. The summed E-state index contributed by atoms with van der Waals surface area (Å²) in [6.45, 7) is 3.73. The van der Waals surface area contributed by atoms with Gasteiger partial charge in [-0.15, -0.1) is 0 Å². The van der Waals surface area contributed by atoms with Gasteiger partial charge in [-0.2, -0.15) is 0 Å². The summed E-state index contributed by atoms with van der Waals surface area (Å²) in [7, 11) is 0. The Bertz CT molecular complexity index is 742. The fourth-order valence-corrected chi connectivity index (χ4v) is 2.30. The van der Waals surface area contributed by atoms with E-state index >= 15 is 0 Å². The molecule has 2 heterocycles. The summed E-state index contributed by atoms with van der Waals surface area (Å²) in [6.07, 6.45) is 12.3. The Labute approximate surface area is 130 Å². The van der Waals surface area contributed by atoms with Gasteiger partial charge in [-0.25, -0.2) is 9.97 Å². The number of hydrogen-bond acceptors (Lipinski definition) is 4. The quantitative estimate of drug-likeness (QED) is 0.897. The predicted octanol–water partition coefficient (Wildman–Crippen LogP) is 3.88. The van der Waals surface area contributed by atoms with Crippen molar-refractivity contribution in [2.75, 3.05) is 5.32 Å². The largest absolute Gasteiger partial charge is 0.399 e. The van der Waals surface area contributed by atoms with Crippen LogP contribution < -0.4 is 11.1 Å². The van der Waals surface area contributed by atoms with Crippen molar-refractivity contribution in [3.63, 3.8) is 0 Å². The summed E-state index contributed by atoms with van der Waals surface area (Å²) >= 11 is 0. The van der Waals surface area contributed by atoms with E-state index in [-0.39, 0.29) is 0 Å². The molecule has 0 fully saturated rings. The van der Waals surface area contributed by atoms with Gasteiger partial charge in [0.15, 0.2) is 0 Å². The number of aromatic nitrogens is 2. The number of nitrogens with zero attached hydrogens (tertiary/aromatic N) is 2. The zero-order valence-corrected chi connectivity index (χ0v) is 12.3. The summed E-state index contributed by atoms with van der Waals surface area (Å²) in [5, 5.41) is 3.17. The lowest BCUT2D eigenvalue weighted by atomic mass is 10.0. The van der Waals surface area contributed by atoms with Crippen LogP contribution in [0.1, 0.15) is 24.0 Å². The number of allylic oxidation sites excluding steroid dienone is 4. The lowest BCUT2D eigenvalue weighted by molar-refractivity contribution is 1.04. The highest BCUT2D eigenvalue weighted by atomic mass is 15.0. The molecule has 3 rings (SSSR count). The van der Waals surface area contributed by atoms with Gasteiger partial charge in [0.05, 0.1) is 0 Å². The van der Waals surface area contributed by atoms with Crippen LogP contribution in [0.15, 0.2) is 61.5 Å². The van der Waals surface area contributed by atoms with E-state index in [0.29, 0.717) is 11.5 Å². The first-order valence-corrected chi connectivity index (χ1v) is 7.23. The number of nitrogens with two attached hydrogens (primary N) is 1. The Hall–Kier alpha value is -2.88. The van der Waals surface area contributed by atoms with Crippen LogP contribution in [0.5, 0.6) is 0 Å². The molecular weight excluding hydrogens is 272 g/mol. The molecule has 0 aliphatic heterocycles. The number of hydrogen-bond donors (Lipinski definition) is 2. The number of rotatable bonds is 4. The maximum absolute atomic E-state index is 5.70. The van der Waals surface area contributed by atoms with Crippen LogP contribution in [0, 0.1) is 0 Å². The molecule has 4 nitrogen and oxygen atoms in total. The Morgan fingerprint density at radius 3 is 2.73 bits per heavy atom. The number of nitrogens with one attached hydrogen (secondary N) is 1. The molecule has 0 aromatic carbocycles. The first-order chi connectivity index (χ1) is 10.7. The SMILES string of the molecule is C=C(N)c1ccnc(Nc2ccc(C3=CCCC=C3)cn2)c1. The minimum Gasteiger partial charge on any atom is -0.399 e. The molecule has 1 aliphatic rings. The van der Waals surface area contributed by atoms with Crippen LogP contribution in [-0.4, -0.2) is 9.97 Å². The lowest BCUT2D eigenvalue weighted by Gasteiger charge is -2.09. The van der Waals surface area contributed by atoms with Crippen molar-refractivity contribution in [3.05, 3.63) is 72.6 Å². The maximum Gasteiger partial charge on any atom is 0.132 e. The summed E-state index contributed by atoms with van der Waals surface area (Å²) in [4.78, 5) is 8.70. The van der Waals surface area contributed by atoms with Crippen molar-refractivity contribution in [2.24, 2.45) is 5.73 Å². The van der Waals surface area contributed by atoms with E-state index in [1.807, 2.05) is 24.4 Å². The van der Waals surface area contributed by atoms with Gasteiger partial charge in [0.2, 0.25) is 0 Å². The molecule has 2 aromatic heterocycles. The van der Waals surface area contributed by atoms with E-state index in [1.165, 1.54) is 5.57 Å². The van der Waals surface area contributed by atoms with E-state index in [0.717, 1.165) is 29.8 Å². The molecule has 22 heavy (non-hydrogen) atoms. The van der Waals surface area contributed by atoms with Crippen LogP contribution in [0.4, 0.5) is 11.6 Å². The monoisotopic (exact) mass is 290 g/mol. The molecule has 0 radical (unpaired) electrons. The highest BCUT2D eigenvalue weighted by Gasteiger charge is 2.04. The Morgan fingerprint density at radius 2 is 2.05 bits per heavy atom. The van der Waals surface area contributed by atoms with E-state index in [4.69, 9.17) is 5.73 Å². The first kappa shape index (κ1) is 14.1. The van der Waals surface area contributed by atoms with Gasteiger partial charge < -0.3 is 11.1 Å². The molecule has 0 spiro atoms. The summed E-state index contributed by atoms with van der Waals surface area (Å²) in [5.41, 5.74) is 9.42. The molecular formula is C18H18N4. The van der Waals surface area contributed by atoms with E-state index in [9.17, 15) is 0 Å². The van der Waals surface area contributed by atoms with Crippen LogP contribution >= 0.6 is 0 Å². The fraction of sp³-hybridized carbons (Fsp3) is 0.111. The average Bonchev–Trinajstić information content (AvgIpc) is 2.56. The Kier molecular flexibility index (Phi) is 4.01. The molecule has 0 atom stereocenters. The van der Waals surface area contributed by atoms with Crippen LogP contribution in [0.3, 0.4) is 0 Å². The van der Waals surface area contributed by atoms with Crippen molar-refractivity contribution < 1.29 is 0 Å². The van der Waals surface area contributed by atoms with Crippen LogP contribution in [0.2, 0.25) is 0 Å². The molecule has 4 heteroatoms. The normalized spacial score (nSPS) is 13.5. The number of pyridine rings is 2. The van der Waals surface area contributed by atoms with Crippen LogP contribution in [0.25, 0.3) is 11.3 Å². The fourth-order valence-electron chi connectivity index (χ4n) is 2.30. The van der Waals surface area contributed by atoms with Crippen molar-refractivity contribution >= 4 is 22.9 Å². The van der Waals surface area contributed by atoms with E-state index in [1.54, 1.807) is 6.20 Å². The van der Waals surface area contributed by atoms with Crippen molar-refractivity contribution in [2.45, 2.75) is 12.8 Å². The molecule has 0 saturated carbocycles. The summed E-state index contributed by atoms with van der Waals surface area (Å²) < 4.78 is 0. The van der Waals surface area contributed by atoms with Gasteiger partial charge >= 0.3 is 0 Å². The average molecular weight is 290 g/mol. The second kappa shape index (κ2) is 6.26. The number of anilines is 2. The van der Waals surface area contributed by atoms with Crippen LogP contribution in [-0.2, 0) is 0 Å². The molecule has 0 unspecified atom stereocenters. The van der Waals surface area contributed by atoms with Crippen molar-refractivity contribution in [1.29, 1.82) is 0 Å². The standard InChI is InChI=1S/C18H18N4/c1-13(19)15-9-10-20-18(11-15)22-17-8-7-16(12-21-17)14-5-3-2-4-6-14/h3,5-12H,1-2,4,19H2,(H,20,21,22). The van der Waals surface area contributed by atoms with Gasteiger partial charge in [-0.3, -0.25) is 0 Å². The van der Waals surface area contributed by atoms with Gasteiger partial charge in [0.1, 0.15) is 11.6 Å². The van der Waals surface area contributed by atoms with Crippen molar-refractivity contribution in [1.82, 2.24) is 9.97 Å². The topological polar surface area (TPSA) is 63.8 Å². The highest BCUT2D eigenvalue weighted by molar-refractivity contribution is 5.75. The van der Waals surface area contributed by atoms with Gasteiger partial charge in [-0.1, -0.05) is 24.8 Å². The Balaban J connectivity index is 1.76. The minimum absolute atomic E-state index is 0.518. The van der Waals surface area contributed by atoms with Gasteiger partial charge in [0, 0.05) is 23.7 Å². The molecule has 1 aliphatic carbocycles. The van der Waals surface area contributed by atoms with E-state index < -0.39 is 0 Å². The highest BCUT2D eigenvalue weighted by Crippen LogP contribution is 2.22. The maximum atomic E-state index is 5.70. The van der Waals surface area contributed by atoms with E-state index in [2.05, 4.69) is 46.2 Å². The zero-order valence-electron chi connectivity index (χ0n) is 12.3. The minimum atomic E-state index is 0.518. The first-order valence-electron chi connectivity index (χ1n) is 7.23. The summed E-state index contributed by atoms with van der Waals surface area (Å²) in [6, 6.07) is 7.68. The third-order valence-corrected chi connectivity index (χ3v) is 3.48. The third kappa shape index (κ3) is 3.23. The second-order valence-corrected chi connectivity index (χ2v) is 5.15. The predicted molar refractivity (Wildman–Crippen MR) is 91.3 cm³/mol. The zero-order chi connectivity index (χ0) is 15.4. The molecule has 3 N–H and O–H groups in total. The molecule has 2 aromatic rings.